The highest BCUT2D eigenvalue weighted by molar-refractivity contribution is 5.97. The predicted molar refractivity (Wildman–Crippen MR) is 89.1 cm³/mol. The number of para-hydroxylation sites is 1. The molecule has 1 aromatic rings. The molecule has 0 atom stereocenters. The van der Waals surface area contributed by atoms with Crippen LogP contribution < -0.4 is 20.5 Å². The minimum absolute atomic E-state index is 0. The Hall–Kier alpha value is -1.46. The number of rotatable bonds is 5. The van der Waals surface area contributed by atoms with Crippen molar-refractivity contribution in [2.24, 2.45) is 5.73 Å². The lowest BCUT2D eigenvalue weighted by atomic mass is 9.82. The van der Waals surface area contributed by atoms with Crippen LogP contribution >= 0.6 is 12.4 Å². The SMILES string of the molecule is COc1cccc(C(=O)NCC2(N)CCCCC2)c1OC.Cl. The lowest BCUT2D eigenvalue weighted by Crippen LogP contribution is -2.51. The molecule has 1 saturated carbocycles. The van der Waals surface area contributed by atoms with Gasteiger partial charge in [0.2, 0.25) is 0 Å². The molecule has 3 N–H and O–H groups in total. The van der Waals surface area contributed by atoms with Gasteiger partial charge in [0.05, 0.1) is 19.8 Å². The van der Waals surface area contributed by atoms with Gasteiger partial charge >= 0.3 is 0 Å². The summed E-state index contributed by atoms with van der Waals surface area (Å²) in [5, 5.41) is 2.94. The molecule has 22 heavy (non-hydrogen) atoms. The number of methoxy groups -OCH3 is 2. The summed E-state index contributed by atoms with van der Waals surface area (Å²) in [7, 11) is 3.08. The van der Waals surface area contributed by atoms with Crippen molar-refractivity contribution in [3.63, 3.8) is 0 Å². The van der Waals surface area contributed by atoms with Gasteiger partial charge < -0.3 is 20.5 Å². The summed E-state index contributed by atoms with van der Waals surface area (Å²) in [5.74, 6) is 0.818. The van der Waals surface area contributed by atoms with Gasteiger partial charge in [-0.25, -0.2) is 0 Å². The second-order valence-corrected chi connectivity index (χ2v) is 5.65. The highest BCUT2D eigenvalue weighted by Crippen LogP contribution is 2.31. The third-order valence-electron chi connectivity index (χ3n) is 4.10. The van der Waals surface area contributed by atoms with Crippen LogP contribution in [0.1, 0.15) is 42.5 Å². The average Bonchev–Trinajstić information content (AvgIpc) is 2.52. The molecule has 5 nitrogen and oxygen atoms in total. The molecule has 6 heteroatoms. The molecule has 0 bridgehead atoms. The molecular formula is C16H25ClN2O3. The number of hydrogen-bond acceptors (Lipinski definition) is 4. The van der Waals surface area contributed by atoms with Crippen LogP contribution in [0.3, 0.4) is 0 Å². The molecule has 1 amide bonds. The Balaban J connectivity index is 0.00000242. The monoisotopic (exact) mass is 328 g/mol. The molecule has 0 unspecified atom stereocenters. The molecule has 0 saturated heterocycles. The average molecular weight is 329 g/mol. The first kappa shape index (κ1) is 18.6. The molecular weight excluding hydrogens is 304 g/mol. The predicted octanol–water partition coefficient (Wildman–Crippen LogP) is 2.52. The van der Waals surface area contributed by atoms with E-state index in [1.165, 1.54) is 13.5 Å². The number of carbonyl (C=O) groups excluding carboxylic acids is 1. The first-order chi connectivity index (χ1) is 10.1. The van der Waals surface area contributed by atoms with Gasteiger partial charge in [-0.3, -0.25) is 4.79 Å². The highest BCUT2D eigenvalue weighted by atomic mass is 35.5. The van der Waals surface area contributed by atoms with Crippen molar-refractivity contribution in [3.8, 4) is 11.5 Å². The Morgan fingerprint density at radius 2 is 1.91 bits per heavy atom. The maximum absolute atomic E-state index is 12.4. The molecule has 1 aliphatic carbocycles. The fraction of sp³-hybridized carbons (Fsp3) is 0.562. The van der Waals surface area contributed by atoms with Crippen molar-refractivity contribution >= 4 is 18.3 Å². The third-order valence-corrected chi connectivity index (χ3v) is 4.10. The van der Waals surface area contributed by atoms with Crippen LogP contribution in [-0.4, -0.2) is 32.2 Å². The summed E-state index contributed by atoms with van der Waals surface area (Å²) in [6, 6.07) is 5.26. The van der Waals surface area contributed by atoms with E-state index >= 15 is 0 Å². The normalized spacial score (nSPS) is 16.3. The summed E-state index contributed by atoms with van der Waals surface area (Å²) in [4.78, 5) is 12.4. The van der Waals surface area contributed by atoms with Gasteiger partial charge in [-0.05, 0) is 25.0 Å². The first-order valence-electron chi connectivity index (χ1n) is 7.38. The maximum atomic E-state index is 12.4. The number of hydrogen-bond donors (Lipinski definition) is 2. The number of ether oxygens (including phenoxy) is 2. The van der Waals surface area contributed by atoms with E-state index in [9.17, 15) is 4.79 Å². The van der Waals surface area contributed by atoms with Crippen LogP contribution in [0.4, 0.5) is 0 Å². The van der Waals surface area contributed by atoms with E-state index in [-0.39, 0.29) is 23.9 Å². The van der Waals surface area contributed by atoms with Gasteiger partial charge in [0.1, 0.15) is 0 Å². The Kier molecular flexibility index (Phi) is 6.97. The number of benzene rings is 1. The van der Waals surface area contributed by atoms with Gasteiger partial charge in [-0.15, -0.1) is 12.4 Å². The van der Waals surface area contributed by atoms with Crippen molar-refractivity contribution in [1.82, 2.24) is 5.32 Å². The first-order valence-corrected chi connectivity index (χ1v) is 7.38. The quantitative estimate of drug-likeness (QED) is 0.871. The number of nitrogens with one attached hydrogen (secondary N) is 1. The van der Waals surface area contributed by atoms with Crippen LogP contribution in [0.15, 0.2) is 18.2 Å². The number of carbonyl (C=O) groups is 1. The molecule has 0 heterocycles. The van der Waals surface area contributed by atoms with E-state index < -0.39 is 0 Å². The van der Waals surface area contributed by atoms with E-state index in [1.54, 1.807) is 25.3 Å². The van der Waals surface area contributed by atoms with E-state index in [0.29, 0.717) is 23.6 Å². The second kappa shape index (κ2) is 8.25. The number of nitrogens with two attached hydrogens (primary N) is 1. The zero-order valence-corrected chi connectivity index (χ0v) is 14.0. The molecule has 0 aromatic heterocycles. The van der Waals surface area contributed by atoms with E-state index in [1.807, 2.05) is 0 Å². The van der Waals surface area contributed by atoms with Gasteiger partial charge in [-0.2, -0.15) is 0 Å². The molecule has 0 aliphatic heterocycles. The fourth-order valence-corrected chi connectivity index (χ4v) is 2.85. The fourth-order valence-electron chi connectivity index (χ4n) is 2.85. The van der Waals surface area contributed by atoms with Crippen molar-refractivity contribution in [2.45, 2.75) is 37.6 Å². The molecule has 0 spiro atoms. The summed E-state index contributed by atoms with van der Waals surface area (Å²) in [6.45, 7) is 0.492. The van der Waals surface area contributed by atoms with Crippen molar-refractivity contribution in [2.75, 3.05) is 20.8 Å². The van der Waals surface area contributed by atoms with E-state index in [4.69, 9.17) is 15.2 Å². The van der Waals surface area contributed by atoms with Crippen LogP contribution in [-0.2, 0) is 0 Å². The Morgan fingerprint density at radius 1 is 1.23 bits per heavy atom. The van der Waals surface area contributed by atoms with Crippen LogP contribution in [0.2, 0.25) is 0 Å². The molecule has 124 valence electrons. The van der Waals surface area contributed by atoms with Gasteiger partial charge in [-0.1, -0.05) is 25.3 Å². The van der Waals surface area contributed by atoms with Crippen LogP contribution in [0, 0.1) is 0 Å². The van der Waals surface area contributed by atoms with Crippen LogP contribution in [0.25, 0.3) is 0 Å². The summed E-state index contributed by atoms with van der Waals surface area (Å²) in [5.41, 5.74) is 6.53. The van der Waals surface area contributed by atoms with Crippen LogP contribution in [0.5, 0.6) is 11.5 Å². The zero-order chi connectivity index (χ0) is 15.3. The summed E-state index contributed by atoms with van der Waals surface area (Å²) in [6.07, 6.45) is 5.42. The van der Waals surface area contributed by atoms with Crippen molar-refractivity contribution in [1.29, 1.82) is 0 Å². The standard InChI is InChI=1S/C16H24N2O3.ClH/c1-20-13-8-6-7-12(14(13)21-2)15(19)18-11-16(17)9-4-3-5-10-16;/h6-8H,3-5,9-11,17H2,1-2H3,(H,18,19);1H. The lowest BCUT2D eigenvalue weighted by molar-refractivity contribution is 0.0934. The second-order valence-electron chi connectivity index (χ2n) is 5.65. The topological polar surface area (TPSA) is 73.6 Å². The molecule has 1 aromatic carbocycles. The molecule has 2 rings (SSSR count). The van der Waals surface area contributed by atoms with Gasteiger partial charge in [0.15, 0.2) is 11.5 Å². The smallest absolute Gasteiger partial charge is 0.255 e. The minimum Gasteiger partial charge on any atom is -0.493 e. The molecule has 0 radical (unpaired) electrons. The largest absolute Gasteiger partial charge is 0.493 e. The lowest BCUT2D eigenvalue weighted by Gasteiger charge is -2.33. The summed E-state index contributed by atoms with van der Waals surface area (Å²) < 4.78 is 10.5. The van der Waals surface area contributed by atoms with Gasteiger partial charge in [0, 0.05) is 12.1 Å². The highest BCUT2D eigenvalue weighted by Gasteiger charge is 2.28. The molecule has 1 fully saturated rings. The number of halogens is 1. The molecule has 1 aliphatic rings. The Morgan fingerprint density at radius 3 is 2.50 bits per heavy atom. The van der Waals surface area contributed by atoms with Crippen molar-refractivity contribution in [3.05, 3.63) is 23.8 Å². The van der Waals surface area contributed by atoms with E-state index in [2.05, 4.69) is 5.32 Å². The third kappa shape index (κ3) is 4.27. The Labute approximate surface area is 138 Å². The number of amides is 1. The van der Waals surface area contributed by atoms with Gasteiger partial charge in [0.25, 0.3) is 5.91 Å². The van der Waals surface area contributed by atoms with E-state index in [0.717, 1.165) is 25.7 Å². The Bertz CT molecular complexity index is 502. The zero-order valence-electron chi connectivity index (χ0n) is 13.2. The van der Waals surface area contributed by atoms with Crippen molar-refractivity contribution < 1.29 is 14.3 Å². The minimum atomic E-state index is -0.278. The summed E-state index contributed by atoms with van der Waals surface area (Å²) >= 11 is 0. The maximum Gasteiger partial charge on any atom is 0.255 e.